The van der Waals surface area contributed by atoms with Gasteiger partial charge in [0.2, 0.25) is 0 Å². The van der Waals surface area contributed by atoms with E-state index in [1.54, 1.807) is 0 Å². The molecular weight excluding hydrogens is 835 g/mol. The number of rotatable bonds is 59. The zero-order chi connectivity index (χ0) is 49.4. The number of nitrogens with one attached hydrogen (secondary N) is 1. The van der Waals surface area contributed by atoms with E-state index in [-0.39, 0.29) is 0 Å². The van der Waals surface area contributed by atoms with Gasteiger partial charge in [0.15, 0.2) is 0 Å². The molecular formula is C66H135N3. The molecule has 69 heavy (non-hydrogen) atoms. The van der Waals surface area contributed by atoms with E-state index in [9.17, 15) is 0 Å². The lowest BCUT2D eigenvalue weighted by atomic mass is 9.90. The average molecular weight is 971 g/mol. The van der Waals surface area contributed by atoms with Crippen molar-refractivity contribution in [3.05, 3.63) is 0 Å². The molecule has 1 N–H and O–H groups in total. The van der Waals surface area contributed by atoms with Crippen molar-refractivity contribution in [1.29, 1.82) is 0 Å². The Morgan fingerprint density at radius 3 is 0.725 bits per heavy atom. The molecule has 1 fully saturated rings. The fourth-order valence-electron chi connectivity index (χ4n) is 12.0. The second-order valence-electron chi connectivity index (χ2n) is 23.7. The largest absolute Gasteiger partial charge is 0.315 e. The van der Waals surface area contributed by atoms with Crippen molar-refractivity contribution in [3.63, 3.8) is 0 Å². The van der Waals surface area contributed by atoms with Crippen LogP contribution in [0.1, 0.15) is 362 Å². The predicted molar refractivity (Wildman–Crippen MR) is 316 cm³/mol. The number of nitrogens with zero attached hydrogens (tertiary/aromatic N) is 2. The minimum atomic E-state index is 0.973. The Kier molecular flexibility index (Phi) is 55.4. The molecule has 0 amide bonds. The monoisotopic (exact) mass is 970 g/mol. The lowest BCUT2D eigenvalue weighted by Crippen LogP contribution is -2.48. The Hall–Kier alpha value is -0.120. The van der Waals surface area contributed by atoms with Gasteiger partial charge in [0.25, 0.3) is 0 Å². The van der Waals surface area contributed by atoms with Gasteiger partial charge in [-0.3, -0.25) is 4.90 Å². The van der Waals surface area contributed by atoms with E-state index < -0.39 is 0 Å². The molecule has 3 nitrogen and oxygen atoms in total. The summed E-state index contributed by atoms with van der Waals surface area (Å²) in [5, 5.41) is 3.90. The second-order valence-corrected chi connectivity index (χ2v) is 23.7. The van der Waals surface area contributed by atoms with Crippen molar-refractivity contribution in [1.82, 2.24) is 15.1 Å². The number of hydrogen-bond donors (Lipinski definition) is 1. The summed E-state index contributed by atoms with van der Waals surface area (Å²) < 4.78 is 0. The molecule has 1 rings (SSSR count). The van der Waals surface area contributed by atoms with Crippen LogP contribution in [0.25, 0.3) is 0 Å². The Labute approximate surface area is 439 Å². The van der Waals surface area contributed by atoms with Crippen molar-refractivity contribution in [2.75, 3.05) is 52.4 Å². The van der Waals surface area contributed by atoms with Gasteiger partial charge in [-0.25, -0.2) is 0 Å². The molecule has 0 saturated carbocycles. The third-order valence-electron chi connectivity index (χ3n) is 17.0. The molecule has 0 radical (unpaired) electrons. The maximum Gasteiger partial charge on any atom is 0.0110 e. The van der Waals surface area contributed by atoms with E-state index >= 15 is 0 Å². The van der Waals surface area contributed by atoms with Crippen LogP contribution in [0.3, 0.4) is 0 Å². The van der Waals surface area contributed by atoms with Gasteiger partial charge in [0.05, 0.1) is 0 Å². The van der Waals surface area contributed by atoms with Crippen molar-refractivity contribution in [2.24, 2.45) is 11.8 Å². The Morgan fingerprint density at radius 2 is 0.449 bits per heavy atom. The number of unbranched alkanes of at least 4 members (excludes halogenated alkanes) is 40. The molecule has 0 atom stereocenters. The molecule has 0 aromatic heterocycles. The third kappa shape index (κ3) is 49.8. The highest BCUT2D eigenvalue weighted by molar-refractivity contribution is 4.74. The van der Waals surface area contributed by atoms with Crippen molar-refractivity contribution < 1.29 is 0 Å². The zero-order valence-electron chi connectivity index (χ0n) is 49.0. The summed E-state index contributed by atoms with van der Waals surface area (Å²) in [6.07, 6.45) is 76.3. The highest BCUT2D eigenvalue weighted by atomic mass is 15.3. The minimum Gasteiger partial charge on any atom is -0.315 e. The fraction of sp³-hybridized carbons (Fsp3) is 1.00. The standard InChI is InChI=1S/C66H135N3/c1-5-9-13-17-21-25-29-33-37-41-45-51-65(52-46-42-38-34-30-26-22-18-14-10-6-2)55-49-57-67-58-60-69-63-61-68(62-64-69)59-50-56-66(53-47-43-39-35-31-27-23-19-15-11-7-3)54-48-44-40-36-32-28-24-20-16-12-8-4/h65-67H,5-64H2,1-4H3. The van der Waals surface area contributed by atoms with Crippen LogP contribution >= 0.6 is 0 Å². The van der Waals surface area contributed by atoms with Crippen molar-refractivity contribution in [3.8, 4) is 0 Å². The molecule has 0 spiro atoms. The summed E-state index contributed by atoms with van der Waals surface area (Å²) in [5.41, 5.74) is 0. The minimum absolute atomic E-state index is 0.973. The van der Waals surface area contributed by atoms with Gasteiger partial charge < -0.3 is 10.2 Å². The van der Waals surface area contributed by atoms with Gasteiger partial charge in [-0.05, 0) is 50.6 Å². The molecule has 0 bridgehead atoms. The van der Waals surface area contributed by atoms with E-state index in [1.165, 1.54) is 386 Å². The Morgan fingerprint density at radius 1 is 0.232 bits per heavy atom. The van der Waals surface area contributed by atoms with Crippen molar-refractivity contribution >= 4 is 0 Å². The van der Waals surface area contributed by atoms with Crippen LogP contribution in [0.15, 0.2) is 0 Å². The van der Waals surface area contributed by atoms with E-state index in [0.717, 1.165) is 11.8 Å². The lowest BCUT2D eigenvalue weighted by molar-refractivity contribution is 0.129. The Bertz CT molecular complexity index is 859. The summed E-state index contributed by atoms with van der Waals surface area (Å²) in [4.78, 5) is 5.57. The molecule has 1 heterocycles. The summed E-state index contributed by atoms with van der Waals surface area (Å²) >= 11 is 0. The summed E-state index contributed by atoms with van der Waals surface area (Å²) in [5.74, 6) is 1.96. The van der Waals surface area contributed by atoms with Crippen LogP contribution in [0.4, 0.5) is 0 Å². The molecule has 1 aliphatic rings. The topological polar surface area (TPSA) is 18.5 Å². The molecule has 0 aromatic rings. The number of hydrogen-bond acceptors (Lipinski definition) is 3. The highest BCUT2D eigenvalue weighted by Gasteiger charge is 2.17. The van der Waals surface area contributed by atoms with E-state index in [1.807, 2.05) is 0 Å². The maximum atomic E-state index is 3.90. The van der Waals surface area contributed by atoms with E-state index in [0.29, 0.717) is 0 Å². The number of piperazine rings is 1. The van der Waals surface area contributed by atoms with Crippen molar-refractivity contribution in [2.45, 2.75) is 362 Å². The molecule has 414 valence electrons. The normalized spacial score (nSPS) is 13.8. The van der Waals surface area contributed by atoms with Crippen LogP contribution in [0.5, 0.6) is 0 Å². The van der Waals surface area contributed by atoms with Crippen LogP contribution < -0.4 is 5.32 Å². The lowest BCUT2D eigenvalue weighted by Gasteiger charge is -2.35. The third-order valence-corrected chi connectivity index (χ3v) is 17.0. The smallest absolute Gasteiger partial charge is 0.0110 e. The summed E-state index contributed by atoms with van der Waals surface area (Å²) in [6.45, 7) is 19.5. The van der Waals surface area contributed by atoms with Crippen LogP contribution in [0, 0.1) is 11.8 Å². The van der Waals surface area contributed by atoms with E-state index in [4.69, 9.17) is 0 Å². The van der Waals surface area contributed by atoms with Gasteiger partial charge in [0.1, 0.15) is 0 Å². The summed E-state index contributed by atoms with van der Waals surface area (Å²) in [7, 11) is 0. The highest BCUT2D eigenvalue weighted by Crippen LogP contribution is 2.26. The van der Waals surface area contributed by atoms with E-state index in [2.05, 4.69) is 42.8 Å². The SMILES string of the molecule is CCCCCCCCCCCCCC(CCCCCCCCCCCCC)CCCNCCN1CCN(CCCC(CCCCCCCCCCCCC)CCCCCCCCCCCCC)CC1. The van der Waals surface area contributed by atoms with Gasteiger partial charge in [-0.2, -0.15) is 0 Å². The van der Waals surface area contributed by atoms with Gasteiger partial charge >= 0.3 is 0 Å². The van der Waals surface area contributed by atoms with Crippen LogP contribution in [0.2, 0.25) is 0 Å². The molecule has 0 unspecified atom stereocenters. The van der Waals surface area contributed by atoms with Crippen LogP contribution in [-0.2, 0) is 0 Å². The van der Waals surface area contributed by atoms with Crippen LogP contribution in [-0.4, -0.2) is 62.2 Å². The second kappa shape index (κ2) is 57.2. The maximum absolute atomic E-state index is 3.90. The average Bonchev–Trinajstić information content (AvgIpc) is 3.36. The first-order valence-electron chi connectivity index (χ1n) is 33.4. The quantitative estimate of drug-likeness (QED) is 0.0613. The van der Waals surface area contributed by atoms with Gasteiger partial charge in [0, 0.05) is 39.3 Å². The zero-order valence-corrected chi connectivity index (χ0v) is 49.0. The molecule has 1 saturated heterocycles. The molecule has 0 aromatic carbocycles. The first-order valence-corrected chi connectivity index (χ1v) is 33.4. The predicted octanol–water partition coefficient (Wildman–Crippen LogP) is 21.8. The fourth-order valence-corrected chi connectivity index (χ4v) is 12.0. The van der Waals surface area contributed by atoms with Gasteiger partial charge in [-0.15, -0.1) is 0 Å². The van der Waals surface area contributed by atoms with Gasteiger partial charge in [-0.1, -0.05) is 336 Å². The Balaban J connectivity index is 2.30. The summed E-state index contributed by atoms with van der Waals surface area (Å²) in [6, 6.07) is 0. The molecule has 3 heteroatoms. The molecule has 1 aliphatic heterocycles. The molecule has 0 aliphatic carbocycles. The first-order chi connectivity index (χ1) is 34.2. The first kappa shape index (κ1) is 66.9.